The minimum Gasteiger partial charge on any atom is -0.475 e. The minimum atomic E-state index is -5.08. The van der Waals surface area contributed by atoms with Gasteiger partial charge in [0.1, 0.15) is 5.56 Å². The van der Waals surface area contributed by atoms with Gasteiger partial charge < -0.3 is 21.1 Å². The van der Waals surface area contributed by atoms with E-state index in [0.717, 1.165) is 12.1 Å². The van der Waals surface area contributed by atoms with Crippen LogP contribution >= 0.6 is 0 Å². The molecule has 0 atom stereocenters. The molecule has 2 heterocycles. The van der Waals surface area contributed by atoms with Crippen LogP contribution in [0.3, 0.4) is 0 Å². The Balaban J connectivity index is 0.000000540. The van der Waals surface area contributed by atoms with Crippen molar-refractivity contribution in [2.45, 2.75) is 18.9 Å². The van der Waals surface area contributed by atoms with Gasteiger partial charge in [0.25, 0.3) is 11.5 Å². The molecule has 3 rings (SSSR count). The number of anilines is 1. The number of nitrogens with one attached hydrogen (secondary N) is 2. The Kier molecular flexibility index (Phi) is 8.36. The van der Waals surface area contributed by atoms with E-state index in [9.17, 15) is 35.9 Å². The van der Waals surface area contributed by atoms with Crippen molar-refractivity contribution in [1.82, 2.24) is 9.97 Å². The molecule has 8 nitrogen and oxygen atoms in total. The number of nitrogens with zero attached hydrogens (tertiary/aromatic N) is 1. The quantitative estimate of drug-likeness (QED) is 0.401. The molecule has 0 saturated carbocycles. The molecule has 0 aliphatic heterocycles. The summed E-state index contributed by atoms with van der Waals surface area (Å²) in [4.78, 5) is 40.0. The van der Waals surface area contributed by atoms with E-state index in [-0.39, 0.29) is 23.4 Å². The highest BCUT2D eigenvalue weighted by atomic mass is 19.4. The number of nitrogens with two attached hydrogens (primary N) is 1. The van der Waals surface area contributed by atoms with Crippen LogP contribution in [-0.2, 0) is 17.5 Å². The lowest BCUT2D eigenvalue weighted by Crippen LogP contribution is -2.23. The van der Waals surface area contributed by atoms with Crippen molar-refractivity contribution in [3.8, 4) is 11.3 Å². The van der Waals surface area contributed by atoms with E-state index >= 15 is 0 Å². The van der Waals surface area contributed by atoms with E-state index in [0.29, 0.717) is 11.3 Å². The molecule has 0 aliphatic rings. The van der Waals surface area contributed by atoms with Crippen molar-refractivity contribution in [3.05, 3.63) is 81.9 Å². The standard InChI is InChI=1S/C19H15F3N4O2.C2HF3O2/c20-19(21,22)13-7-11(10-23)8-14(9-13)25-17(27)15-1-2-16(26-18(15)28)12-3-5-24-6-4-12;3-2(4,5)1(6)7/h1-9H,10,23H2,(H,25,27)(H,26,28);(H,6,7). The molecule has 14 heteroatoms. The highest BCUT2D eigenvalue weighted by molar-refractivity contribution is 6.04. The molecule has 5 N–H and O–H groups in total. The number of carbonyl (C=O) groups excluding carboxylic acids is 1. The molecular formula is C21H16F6N4O4. The van der Waals surface area contributed by atoms with Crippen LogP contribution in [0.25, 0.3) is 11.3 Å². The normalized spacial score (nSPS) is 11.3. The summed E-state index contributed by atoms with van der Waals surface area (Å²) < 4.78 is 70.7. The van der Waals surface area contributed by atoms with Gasteiger partial charge in [-0.3, -0.25) is 14.6 Å². The van der Waals surface area contributed by atoms with Crippen LogP contribution in [-0.4, -0.2) is 33.1 Å². The number of carboxylic acid groups (broad SMARTS) is 1. The van der Waals surface area contributed by atoms with Crippen molar-refractivity contribution in [1.29, 1.82) is 0 Å². The first kappa shape index (κ1) is 27.0. The molecule has 1 aromatic carbocycles. The van der Waals surface area contributed by atoms with Crippen molar-refractivity contribution >= 4 is 17.6 Å². The van der Waals surface area contributed by atoms with Crippen LogP contribution in [0.4, 0.5) is 32.0 Å². The van der Waals surface area contributed by atoms with Crippen molar-refractivity contribution in [3.63, 3.8) is 0 Å². The zero-order valence-corrected chi connectivity index (χ0v) is 17.4. The summed E-state index contributed by atoms with van der Waals surface area (Å²) in [5, 5.41) is 9.45. The molecule has 0 fully saturated rings. The summed E-state index contributed by atoms with van der Waals surface area (Å²) >= 11 is 0. The summed E-state index contributed by atoms with van der Waals surface area (Å²) in [6.45, 7) is -0.131. The maximum absolute atomic E-state index is 13.0. The Bertz CT molecular complexity index is 1260. The molecule has 0 aliphatic carbocycles. The first-order chi connectivity index (χ1) is 16.2. The Morgan fingerprint density at radius 3 is 2.09 bits per heavy atom. The van der Waals surface area contributed by atoms with Crippen molar-refractivity contribution in [2.24, 2.45) is 5.73 Å². The molecule has 0 bridgehead atoms. The number of aromatic amines is 1. The Hall–Kier alpha value is -4.20. The topological polar surface area (TPSA) is 138 Å². The first-order valence-electron chi connectivity index (χ1n) is 9.38. The summed E-state index contributed by atoms with van der Waals surface area (Å²) in [5.74, 6) is -3.59. The van der Waals surface area contributed by atoms with Crippen LogP contribution in [0.15, 0.2) is 59.7 Å². The summed E-state index contributed by atoms with van der Waals surface area (Å²) in [7, 11) is 0. The van der Waals surface area contributed by atoms with Gasteiger partial charge in [0, 0.05) is 35.9 Å². The Labute approximate surface area is 192 Å². The van der Waals surface area contributed by atoms with Crippen LogP contribution in [0, 0.1) is 0 Å². The second-order valence-corrected chi connectivity index (χ2v) is 6.73. The van der Waals surface area contributed by atoms with Crippen molar-refractivity contribution < 1.29 is 41.0 Å². The first-order valence-corrected chi connectivity index (χ1v) is 9.38. The molecule has 35 heavy (non-hydrogen) atoms. The number of carboxylic acids is 1. The van der Waals surface area contributed by atoms with E-state index in [1.54, 1.807) is 24.5 Å². The monoisotopic (exact) mass is 502 g/mol. The average Bonchev–Trinajstić information content (AvgIpc) is 2.78. The SMILES string of the molecule is NCc1cc(NC(=O)c2ccc(-c3ccncc3)[nH]c2=O)cc(C(F)(F)F)c1.O=C(O)C(F)(F)F. The predicted octanol–water partition coefficient (Wildman–Crippen LogP) is 3.80. The summed E-state index contributed by atoms with van der Waals surface area (Å²) in [6.07, 6.45) is -6.57. The number of aliphatic carboxylic acids is 1. The van der Waals surface area contributed by atoms with Gasteiger partial charge in [-0.25, -0.2) is 4.79 Å². The van der Waals surface area contributed by atoms with Gasteiger partial charge in [-0.05, 0) is 48.0 Å². The number of pyridine rings is 2. The number of alkyl halides is 6. The molecule has 0 spiro atoms. The Morgan fingerprint density at radius 1 is 1.00 bits per heavy atom. The van der Waals surface area contributed by atoms with E-state index in [1.807, 2.05) is 0 Å². The van der Waals surface area contributed by atoms with Crippen LogP contribution < -0.4 is 16.6 Å². The van der Waals surface area contributed by atoms with Crippen molar-refractivity contribution in [2.75, 3.05) is 5.32 Å². The number of aromatic nitrogens is 2. The van der Waals surface area contributed by atoms with E-state index in [4.69, 9.17) is 15.6 Å². The van der Waals surface area contributed by atoms with Gasteiger partial charge >= 0.3 is 18.3 Å². The van der Waals surface area contributed by atoms with E-state index in [1.165, 1.54) is 18.2 Å². The highest BCUT2D eigenvalue weighted by Crippen LogP contribution is 2.32. The zero-order valence-electron chi connectivity index (χ0n) is 17.4. The van der Waals surface area contributed by atoms with Gasteiger partial charge in [0.05, 0.1) is 5.56 Å². The molecule has 1 amide bonds. The fourth-order valence-electron chi connectivity index (χ4n) is 2.60. The fourth-order valence-corrected chi connectivity index (χ4v) is 2.60. The smallest absolute Gasteiger partial charge is 0.475 e. The largest absolute Gasteiger partial charge is 0.490 e. The number of amides is 1. The molecule has 0 radical (unpaired) electrons. The molecule has 3 aromatic rings. The Morgan fingerprint density at radius 2 is 1.60 bits per heavy atom. The second-order valence-electron chi connectivity index (χ2n) is 6.73. The third kappa shape index (κ3) is 7.67. The minimum absolute atomic E-state index is 0.0992. The number of rotatable bonds is 4. The number of hydrogen-bond donors (Lipinski definition) is 4. The maximum Gasteiger partial charge on any atom is 0.490 e. The number of hydrogen-bond acceptors (Lipinski definition) is 5. The third-order valence-corrected chi connectivity index (χ3v) is 4.20. The second kappa shape index (κ2) is 10.8. The summed E-state index contributed by atoms with van der Waals surface area (Å²) in [6, 6.07) is 9.23. The average molecular weight is 502 g/mol. The molecular weight excluding hydrogens is 486 g/mol. The van der Waals surface area contributed by atoms with E-state index in [2.05, 4.69) is 15.3 Å². The van der Waals surface area contributed by atoms with E-state index < -0.39 is 35.4 Å². The van der Waals surface area contributed by atoms with Gasteiger partial charge in [0.15, 0.2) is 0 Å². The predicted molar refractivity (Wildman–Crippen MR) is 111 cm³/mol. The number of halogens is 6. The number of carbonyl (C=O) groups is 2. The van der Waals surface area contributed by atoms with Gasteiger partial charge in [-0.2, -0.15) is 26.3 Å². The highest BCUT2D eigenvalue weighted by Gasteiger charge is 2.38. The lowest BCUT2D eigenvalue weighted by molar-refractivity contribution is -0.192. The fraction of sp³-hybridized carbons (Fsp3) is 0.143. The molecule has 2 aromatic heterocycles. The number of H-pyrrole nitrogens is 1. The molecule has 0 saturated heterocycles. The number of benzene rings is 1. The lowest BCUT2D eigenvalue weighted by atomic mass is 10.1. The van der Waals surface area contributed by atoms with Gasteiger partial charge in [-0.15, -0.1) is 0 Å². The van der Waals surface area contributed by atoms with Gasteiger partial charge in [0.2, 0.25) is 0 Å². The van der Waals surface area contributed by atoms with Crippen LogP contribution in [0.2, 0.25) is 0 Å². The lowest BCUT2D eigenvalue weighted by Gasteiger charge is -2.12. The maximum atomic E-state index is 13.0. The van der Waals surface area contributed by atoms with Gasteiger partial charge in [-0.1, -0.05) is 0 Å². The van der Waals surface area contributed by atoms with Crippen LogP contribution in [0.1, 0.15) is 21.5 Å². The van der Waals surface area contributed by atoms with Crippen LogP contribution in [0.5, 0.6) is 0 Å². The molecule has 0 unspecified atom stereocenters. The third-order valence-electron chi connectivity index (χ3n) is 4.20. The zero-order chi connectivity index (χ0) is 26.4. The molecule has 186 valence electrons. The summed E-state index contributed by atoms with van der Waals surface area (Å²) in [5.41, 5.74) is 4.87.